The van der Waals surface area contributed by atoms with Gasteiger partial charge in [0.2, 0.25) is 0 Å². The smallest absolute Gasteiger partial charge is 0.303 e. The molecule has 0 fully saturated rings. The van der Waals surface area contributed by atoms with Crippen molar-refractivity contribution >= 4 is 33.5 Å². The zero-order valence-corrected chi connectivity index (χ0v) is 28.0. The Morgan fingerprint density at radius 1 is 0.646 bits per heavy atom. The molecule has 12 heteroatoms. The molecule has 254 valence electrons. The van der Waals surface area contributed by atoms with Gasteiger partial charge in [-0.25, -0.2) is 0 Å². The van der Waals surface area contributed by atoms with Gasteiger partial charge in [-0.1, -0.05) is 0 Å². The lowest BCUT2D eigenvalue weighted by molar-refractivity contribution is -0.158. The third kappa shape index (κ3) is 5.15. The lowest BCUT2D eigenvalue weighted by atomic mass is 9.77. The quantitative estimate of drug-likeness (QED) is 0.219. The van der Waals surface area contributed by atoms with Gasteiger partial charge in [0.05, 0.1) is 64.6 Å². The summed E-state index contributed by atoms with van der Waals surface area (Å²) < 4.78 is 47.0. The van der Waals surface area contributed by atoms with Crippen LogP contribution >= 0.6 is 0 Å². The van der Waals surface area contributed by atoms with Crippen LogP contribution in [-0.4, -0.2) is 62.8 Å². The van der Waals surface area contributed by atoms with Crippen LogP contribution in [0.5, 0.6) is 34.5 Å². The Labute approximate surface area is 276 Å². The molecule has 48 heavy (non-hydrogen) atoms. The molecule has 0 unspecified atom stereocenters. The summed E-state index contributed by atoms with van der Waals surface area (Å²) in [6.07, 6.45) is -3.21. The number of aromatic hydroxyl groups is 2. The third-order valence-electron chi connectivity index (χ3n) is 9.07. The highest BCUT2D eigenvalue weighted by atomic mass is 16.6. The highest BCUT2D eigenvalue weighted by molar-refractivity contribution is 6.15. The second kappa shape index (κ2) is 12.6. The number of benzene rings is 4. The number of phenolic OH excluding ortho intramolecular Hbond substituents is 2. The fourth-order valence-corrected chi connectivity index (χ4v) is 6.97. The van der Waals surface area contributed by atoms with Gasteiger partial charge in [-0.3, -0.25) is 9.59 Å². The molecule has 2 aliphatic heterocycles. The number of hydrogen-bond donors (Lipinski definition) is 2. The Bertz CT molecular complexity index is 1820. The summed E-state index contributed by atoms with van der Waals surface area (Å²) in [5.41, 5.74) is 2.72. The summed E-state index contributed by atoms with van der Waals surface area (Å²) in [4.78, 5) is 25.2. The van der Waals surface area contributed by atoms with E-state index in [9.17, 15) is 19.8 Å². The van der Waals surface area contributed by atoms with Gasteiger partial charge in [-0.15, -0.1) is 0 Å². The average Bonchev–Trinajstić information content (AvgIpc) is 3.06. The van der Waals surface area contributed by atoms with Gasteiger partial charge in [0.1, 0.15) is 34.5 Å². The van der Waals surface area contributed by atoms with Crippen molar-refractivity contribution in [1.82, 2.24) is 0 Å². The number of carbonyl (C=O) groups excluding carboxylic acids is 2. The number of fused-ring (bicyclic) bond motifs is 4. The molecule has 6 rings (SSSR count). The average molecular weight is 663 g/mol. The Morgan fingerprint density at radius 3 is 1.33 bits per heavy atom. The summed E-state index contributed by atoms with van der Waals surface area (Å²) in [5, 5.41) is 25.5. The number of hydrogen-bond acceptors (Lipinski definition) is 12. The largest absolute Gasteiger partial charge is 0.507 e. The molecule has 12 nitrogen and oxygen atoms in total. The molecule has 2 heterocycles. The van der Waals surface area contributed by atoms with Crippen LogP contribution in [0.4, 0.5) is 0 Å². The Kier molecular flexibility index (Phi) is 8.65. The van der Waals surface area contributed by atoms with Crippen LogP contribution in [-0.2, 0) is 41.8 Å². The Morgan fingerprint density at radius 2 is 1.02 bits per heavy atom. The van der Waals surface area contributed by atoms with E-state index in [-0.39, 0.29) is 24.7 Å². The number of esters is 2. The molecule has 0 amide bonds. The van der Waals surface area contributed by atoms with Gasteiger partial charge in [0.25, 0.3) is 0 Å². The number of phenols is 2. The second-order valence-electron chi connectivity index (χ2n) is 11.8. The summed E-state index contributed by atoms with van der Waals surface area (Å²) >= 11 is 0. The van der Waals surface area contributed by atoms with Crippen LogP contribution in [0.3, 0.4) is 0 Å². The molecule has 0 saturated carbocycles. The first kappa shape index (κ1) is 33.0. The summed E-state index contributed by atoms with van der Waals surface area (Å²) in [6, 6.07) is 6.82. The number of carbonyl (C=O) groups is 2. The Balaban J connectivity index is 1.96. The minimum absolute atomic E-state index is 0.0179. The van der Waals surface area contributed by atoms with Crippen LogP contribution in [0.1, 0.15) is 62.2 Å². The van der Waals surface area contributed by atoms with E-state index in [4.69, 9.17) is 37.9 Å². The van der Waals surface area contributed by atoms with Crippen LogP contribution in [0, 0.1) is 0 Å². The van der Waals surface area contributed by atoms with Crippen molar-refractivity contribution in [3.05, 3.63) is 46.5 Å². The molecule has 0 saturated heterocycles. The van der Waals surface area contributed by atoms with Gasteiger partial charge in [0, 0.05) is 59.0 Å². The minimum atomic E-state index is -0.981. The fourth-order valence-electron chi connectivity index (χ4n) is 6.97. The van der Waals surface area contributed by atoms with E-state index in [0.29, 0.717) is 77.9 Å². The van der Waals surface area contributed by atoms with Crippen molar-refractivity contribution in [2.45, 2.75) is 65.3 Å². The van der Waals surface area contributed by atoms with Gasteiger partial charge in [0.15, 0.2) is 12.2 Å². The zero-order valence-electron chi connectivity index (χ0n) is 28.0. The van der Waals surface area contributed by atoms with Crippen LogP contribution in [0.15, 0.2) is 24.3 Å². The molecule has 0 radical (unpaired) electrons. The van der Waals surface area contributed by atoms with Gasteiger partial charge < -0.3 is 48.1 Å². The van der Waals surface area contributed by atoms with E-state index in [0.717, 1.165) is 0 Å². The molecule has 0 aliphatic carbocycles. The molecular formula is C36H38O12. The predicted molar refractivity (Wildman–Crippen MR) is 174 cm³/mol. The first-order valence-electron chi connectivity index (χ1n) is 15.4. The van der Waals surface area contributed by atoms with Crippen LogP contribution in [0.2, 0.25) is 0 Å². The maximum atomic E-state index is 12.6. The van der Waals surface area contributed by atoms with Crippen molar-refractivity contribution in [2.75, 3.05) is 28.4 Å². The molecule has 0 bridgehead atoms. The summed E-state index contributed by atoms with van der Waals surface area (Å²) in [7, 11) is 5.99. The molecule has 0 spiro atoms. The number of rotatable bonds is 7. The van der Waals surface area contributed by atoms with Gasteiger partial charge >= 0.3 is 11.9 Å². The maximum Gasteiger partial charge on any atom is 0.303 e. The van der Waals surface area contributed by atoms with E-state index in [2.05, 4.69) is 0 Å². The first-order valence-corrected chi connectivity index (χ1v) is 15.4. The van der Waals surface area contributed by atoms with E-state index in [1.54, 1.807) is 38.1 Å². The highest BCUT2D eigenvalue weighted by Crippen LogP contribution is 2.57. The first-order chi connectivity index (χ1) is 22.9. The summed E-state index contributed by atoms with van der Waals surface area (Å²) in [5.74, 6) is 0.118. The van der Waals surface area contributed by atoms with E-state index in [1.807, 2.05) is 0 Å². The van der Waals surface area contributed by atoms with E-state index >= 15 is 0 Å². The Hall–Kier alpha value is -4.94. The lowest BCUT2D eigenvalue weighted by Gasteiger charge is -2.37. The molecule has 0 aromatic heterocycles. The fraction of sp³-hybridized carbons (Fsp3) is 0.389. The van der Waals surface area contributed by atoms with Crippen LogP contribution < -0.4 is 18.9 Å². The van der Waals surface area contributed by atoms with Crippen molar-refractivity contribution in [1.29, 1.82) is 0 Å². The summed E-state index contributed by atoms with van der Waals surface area (Å²) in [6.45, 7) is 6.13. The number of methoxy groups -OCH3 is 4. The van der Waals surface area contributed by atoms with Gasteiger partial charge in [-0.05, 0) is 37.1 Å². The van der Waals surface area contributed by atoms with Crippen molar-refractivity contribution in [3.8, 4) is 45.6 Å². The maximum absolute atomic E-state index is 12.6. The molecule has 4 aromatic rings. The monoisotopic (exact) mass is 662 g/mol. The minimum Gasteiger partial charge on any atom is -0.507 e. The third-order valence-corrected chi connectivity index (χ3v) is 9.07. The SMILES string of the molecule is COc1cc(OC)c2c(O)c3c(c(-c4c5c(c(O)c6c(OC)cc(OC)cc46)CO[C@@H](C)[C@H]5OC(C)=O)c2c1)[C@H](OC(C)=O)[C@H](C)OC3. The van der Waals surface area contributed by atoms with Crippen molar-refractivity contribution in [2.24, 2.45) is 0 Å². The second-order valence-corrected chi connectivity index (χ2v) is 11.8. The normalized spacial score (nSPS) is 20.1. The van der Waals surface area contributed by atoms with Crippen molar-refractivity contribution < 1.29 is 57.7 Å². The standard InChI is InChI=1S/C36H38O12/c1-15-35(47-17(3)37)31-23(13-45-15)33(39)27-21(9-19(41-5)11-25(27)43-7)29(31)30-22-10-20(42-6)12-26(44-8)28(22)34(40)24-14-46-16(2)36(32(24)30)48-18(4)38/h9-12,15-16,35-36,39-40H,13-14H2,1-8H3/t15-,16-,35+,36+/m0/s1. The lowest BCUT2D eigenvalue weighted by Crippen LogP contribution is -2.31. The van der Waals surface area contributed by atoms with E-state index in [1.165, 1.54) is 42.3 Å². The molecule has 4 atom stereocenters. The molecule has 4 aromatic carbocycles. The zero-order chi connectivity index (χ0) is 34.6. The van der Waals surface area contributed by atoms with Crippen molar-refractivity contribution in [3.63, 3.8) is 0 Å². The molecular weight excluding hydrogens is 624 g/mol. The van der Waals surface area contributed by atoms with E-state index < -0.39 is 36.4 Å². The highest BCUT2D eigenvalue weighted by Gasteiger charge is 2.42. The topological polar surface area (TPSA) is 148 Å². The number of ether oxygens (including phenoxy) is 8. The predicted octanol–water partition coefficient (Wildman–Crippen LogP) is 6.15. The van der Waals surface area contributed by atoms with Crippen LogP contribution in [0.25, 0.3) is 32.7 Å². The van der Waals surface area contributed by atoms with Gasteiger partial charge in [-0.2, -0.15) is 0 Å². The molecule has 2 N–H and O–H groups in total. The molecule has 2 aliphatic rings.